The van der Waals surface area contributed by atoms with Crippen LogP contribution in [0.5, 0.6) is 0 Å². The molecule has 0 aliphatic rings. The molecule has 0 radical (unpaired) electrons. The summed E-state index contributed by atoms with van der Waals surface area (Å²) in [6, 6.07) is 0. The van der Waals surface area contributed by atoms with Crippen LogP contribution >= 0.6 is 0 Å². The van der Waals surface area contributed by atoms with Crippen molar-refractivity contribution in [2.75, 3.05) is 19.6 Å². The highest BCUT2D eigenvalue weighted by atomic mass is 16.1. The number of carbonyl (C=O) groups excluding carboxylic acids is 1. The number of rotatable bonds is 25. The summed E-state index contributed by atoms with van der Waals surface area (Å²) in [6.45, 7) is 7.66. The molecule has 0 heterocycles. The van der Waals surface area contributed by atoms with E-state index in [4.69, 9.17) is 0 Å². The van der Waals surface area contributed by atoms with Crippen LogP contribution < -0.4 is 10.6 Å². The van der Waals surface area contributed by atoms with Gasteiger partial charge in [0.2, 0.25) is 5.91 Å². The van der Waals surface area contributed by atoms with Gasteiger partial charge in [-0.15, -0.1) is 0 Å². The minimum atomic E-state index is 0.245. The zero-order chi connectivity index (χ0) is 22.0. The topological polar surface area (TPSA) is 41.1 Å². The molecular formula is C27H56N2O. The Morgan fingerprint density at radius 2 is 0.833 bits per heavy atom. The Morgan fingerprint density at radius 1 is 0.467 bits per heavy atom. The number of hydrogen-bond donors (Lipinski definition) is 2. The number of amides is 1. The molecule has 180 valence electrons. The predicted molar refractivity (Wildman–Crippen MR) is 134 cm³/mol. The number of unbranched alkanes of at least 4 members (excludes halogenated alkanes) is 17. The third-order valence-corrected chi connectivity index (χ3v) is 6.07. The fourth-order valence-electron chi connectivity index (χ4n) is 3.97. The molecule has 0 saturated heterocycles. The molecule has 0 unspecified atom stereocenters. The smallest absolute Gasteiger partial charge is 0.219 e. The van der Waals surface area contributed by atoms with Crippen LogP contribution in [-0.2, 0) is 4.79 Å². The molecule has 2 N–H and O–H groups in total. The maximum Gasteiger partial charge on any atom is 0.219 e. The Labute approximate surface area is 189 Å². The van der Waals surface area contributed by atoms with Crippen LogP contribution in [0.1, 0.15) is 149 Å². The largest absolute Gasteiger partial charge is 0.356 e. The molecule has 0 aliphatic heterocycles. The van der Waals surface area contributed by atoms with Crippen LogP contribution in [0.15, 0.2) is 0 Å². The van der Waals surface area contributed by atoms with Crippen molar-refractivity contribution in [3.63, 3.8) is 0 Å². The van der Waals surface area contributed by atoms with E-state index >= 15 is 0 Å². The van der Waals surface area contributed by atoms with E-state index in [0.29, 0.717) is 6.42 Å². The first-order chi connectivity index (χ1) is 14.8. The van der Waals surface area contributed by atoms with Crippen molar-refractivity contribution in [1.29, 1.82) is 0 Å². The van der Waals surface area contributed by atoms with E-state index in [2.05, 4.69) is 24.5 Å². The first kappa shape index (κ1) is 29.4. The summed E-state index contributed by atoms with van der Waals surface area (Å²) in [5.74, 6) is 0.245. The van der Waals surface area contributed by atoms with E-state index in [1.807, 2.05) is 0 Å². The maximum atomic E-state index is 11.8. The van der Waals surface area contributed by atoms with Crippen LogP contribution in [0.3, 0.4) is 0 Å². The predicted octanol–water partition coefficient (Wildman–Crippen LogP) is 7.92. The van der Waals surface area contributed by atoms with Gasteiger partial charge < -0.3 is 10.6 Å². The lowest BCUT2D eigenvalue weighted by molar-refractivity contribution is -0.121. The van der Waals surface area contributed by atoms with Crippen molar-refractivity contribution >= 4 is 5.91 Å². The highest BCUT2D eigenvalue weighted by Crippen LogP contribution is 2.11. The van der Waals surface area contributed by atoms with Gasteiger partial charge in [0.1, 0.15) is 0 Å². The normalized spacial score (nSPS) is 11.1. The van der Waals surface area contributed by atoms with Gasteiger partial charge in [-0.05, 0) is 38.8 Å². The van der Waals surface area contributed by atoms with E-state index in [1.165, 1.54) is 109 Å². The van der Waals surface area contributed by atoms with Gasteiger partial charge in [0.05, 0.1) is 0 Å². The molecule has 0 aromatic rings. The monoisotopic (exact) mass is 424 g/mol. The van der Waals surface area contributed by atoms with E-state index in [1.54, 1.807) is 0 Å². The molecule has 0 rings (SSSR count). The second-order valence-corrected chi connectivity index (χ2v) is 9.21. The van der Waals surface area contributed by atoms with Crippen molar-refractivity contribution in [3.05, 3.63) is 0 Å². The summed E-state index contributed by atoms with van der Waals surface area (Å²) in [5, 5.41) is 6.63. The van der Waals surface area contributed by atoms with Crippen LogP contribution in [0.2, 0.25) is 0 Å². The quantitative estimate of drug-likeness (QED) is 0.146. The van der Waals surface area contributed by atoms with Crippen LogP contribution in [-0.4, -0.2) is 25.5 Å². The molecule has 0 atom stereocenters. The molecule has 3 heteroatoms. The lowest BCUT2D eigenvalue weighted by Gasteiger charge is -2.06. The number of nitrogens with one attached hydrogen (secondary N) is 2. The summed E-state index contributed by atoms with van der Waals surface area (Å²) >= 11 is 0. The average Bonchev–Trinajstić information content (AvgIpc) is 2.75. The summed E-state index contributed by atoms with van der Waals surface area (Å²) in [7, 11) is 0. The van der Waals surface area contributed by atoms with E-state index < -0.39 is 0 Å². The second kappa shape index (κ2) is 26.5. The van der Waals surface area contributed by atoms with Gasteiger partial charge in [0, 0.05) is 13.0 Å². The van der Waals surface area contributed by atoms with E-state index in [0.717, 1.165) is 38.9 Å². The van der Waals surface area contributed by atoms with Crippen LogP contribution in [0.25, 0.3) is 0 Å². The standard InChI is InChI=1S/C27H56N2O/c1-3-5-7-9-10-11-12-13-14-15-17-20-24-28-25-21-18-19-23-27(30)29-26-22-16-8-6-4-2/h28H,3-26H2,1-2H3,(H,29,30). The number of carbonyl (C=O) groups is 1. The Kier molecular flexibility index (Phi) is 26.0. The second-order valence-electron chi connectivity index (χ2n) is 9.21. The van der Waals surface area contributed by atoms with E-state index in [9.17, 15) is 4.79 Å². The number of hydrogen-bond acceptors (Lipinski definition) is 2. The van der Waals surface area contributed by atoms with Gasteiger partial charge in [-0.3, -0.25) is 4.79 Å². The van der Waals surface area contributed by atoms with E-state index in [-0.39, 0.29) is 5.91 Å². The average molecular weight is 425 g/mol. The minimum absolute atomic E-state index is 0.245. The summed E-state index contributed by atoms with van der Waals surface area (Å²) in [4.78, 5) is 11.8. The Bertz CT molecular complexity index is 333. The Hall–Kier alpha value is -0.570. The van der Waals surface area contributed by atoms with Gasteiger partial charge in [-0.25, -0.2) is 0 Å². The summed E-state index contributed by atoms with van der Waals surface area (Å²) in [6.07, 6.45) is 27.4. The summed E-state index contributed by atoms with van der Waals surface area (Å²) < 4.78 is 0. The lowest BCUT2D eigenvalue weighted by atomic mass is 10.1. The van der Waals surface area contributed by atoms with Gasteiger partial charge >= 0.3 is 0 Å². The molecule has 1 amide bonds. The molecule has 0 spiro atoms. The molecule has 0 aromatic heterocycles. The molecule has 0 saturated carbocycles. The highest BCUT2D eigenvalue weighted by Gasteiger charge is 2.00. The van der Waals surface area contributed by atoms with Crippen molar-refractivity contribution in [2.24, 2.45) is 0 Å². The Balaban J connectivity index is 3.10. The SMILES string of the molecule is CCCCCCCCCCCCCCNCCCCCC(=O)NCCCCCCC. The molecule has 0 aliphatic carbocycles. The van der Waals surface area contributed by atoms with Crippen LogP contribution in [0.4, 0.5) is 0 Å². The van der Waals surface area contributed by atoms with Gasteiger partial charge in [0.25, 0.3) is 0 Å². The molecule has 0 fully saturated rings. The Morgan fingerprint density at radius 3 is 1.30 bits per heavy atom. The van der Waals surface area contributed by atoms with Gasteiger partial charge in [-0.2, -0.15) is 0 Å². The first-order valence-electron chi connectivity index (χ1n) is 13.8. The molecule has 30 heavy (non-hydrogen) atoms. The van der Waals surface area contributed by atoms with Gasteiger partial charge in [-0.1, -0.05) is 117 Å². The summed E-state index contributed by atoms with van der Waals surface area (Å²) in [5.41, 5.74) is 0. The third kappa shape index (κ3) is 25.5. The third-order valence-electron chi connectivity index (χ3n) is 6.07. The van der Waals surface area contributed by atoms with Crippen molar-refractivity contribution in [2.45, 2.75) is 149 Å². The maximum absolute atomic E-state index is 11.8. The zero-order valence-electron chi connectivity index (χ0n) is 20.9. The van der Waals surface area contributed by atoms with Crippen molar-refractivity contribution < 1.29 is 4.79 Å². The minimum Gasteiger partial charge on any atom is -0.356 e. The molecule has 3 nitrogen and oxygen atoms in total. The fraction of sp³-hybridized carbons (Fsp3) is 0.963. The molecular weight excluding hydrogens is 368 g/mol. The fourth-order valence-corrected chi connectivity index (χ4v) is 3.97. The molecule has 0 bridgehead atoms. The first-order valence-corrected chi connectivity index (χ1v) is 13.8. The lowest BCUT2D eigenvalue weighted by Crippen LogP contribution is -2.24. The highest BCUT2D eigenvalue weighted by molar-refractivity contribution is 5.75. The van der Waals surface area contributed by atoms with Crippen molar-refractivity contribution in [1.82, 2.24) is 10.6 Å². The zero-order valence-corrected chi connectivity index (χ0v) is 20.9. The van der Waals surface area contributed by atoms with Crippen LogP contribution in [0, 0.1) is 0 Å². The molecule has 0 aromatic carbocycles. The van der Waals surface area contributed by atoms with Crippen molar-refractivity contribution in [3.8, 4) is 0 Å². The van der Waals surface area contributed by atoms with Gasteiger partial charge in [0.15, 0.2) is 0 Å².